The van der Waals surface area contributed by atoms with Gasteiger partial charge in [-0.05, 0) is 18.2 Å². The van der Waals surface area contributed by atoms with Crippen LogP contribution in [-0.2, 0) is 9.59 Å². The fourth-order valence-electron chi connectivity index (χ4n) is 1.09. The molecule has 1 aliphatic carbocycles. The number of ketones is 2. The molecular formula is C9H6N2O2. The molecule has 0 fully saturated rings. The Kier molecular flexibility index (Phi) is 1.66. The zero-order valence-corrected chi connectivity index (χ0v) is 6.68. The summed E-state index contributed by atoms with van der Waals surface area (Å²) >= 11 is 0. The molecule has 0 aliphatic heterocycles. The van der Waals surface area contributed by atoms with Gasteiger partial charge >= 0.3 is 0 Å². The van der Waals surface area contributed by atoms with E-state index in [1.165, 1.54) is 22.9 Å². The number of carbonyl (C=O) groups is 2. The minimum Gasteiger partial charge on any atom is -0.290 e. The summed E-state index contributed by atoms with van der Waals surface area (Å²) < 4.78 is 1.38. The maximum Gasteiger partial charge on any atom is 0.204 e. The third-order valence-corrected chi connectivity index (χ3v) is 1.68. The summed E-state index contributed by atoms with van der Waals surface area (Å²) in [5.41, 5.74) is 0.289. The molecule has 1 aromatic rings. The molecule has 0 unspecified atom stereocenters. The first-order valence-corrected chi connectivity index (χ1v) is 3.75. The number of hydrogen-bond acceptors (Lipinski definition) is 3. The van der Waals surface area contributed by atoms with Gasteiger partial charge in [0.2, 0.25) is 5.78 Å². The molecular weight excluding hydrogens is 168 g/mol. The van der Waals surface area contributed by atoms with Gasteiger partial charge in [-0.3, -0.25) is 9.59 Å². The van der Waals surface area contributed by atoms with E-state index >= 15 is 0 Å². The summed E-state index contributed by atoms with van der Waals surface area (Å²) in [6, 6.07) is 1.69. The zero-order valence-electron chi connectivity index (χ0n) is 6.68. The molecule has 0 amide bonds. The largest absolute Gasteiger partial charge is 0.290 e. The molecule has 0 spiro atoms. The molecule has 4 nitrogen and oxygen atoms in total. The normalized spacial score (nSPS) is 16.2. The van der Waals surface area contributed by atoms with Gasteiger partial charge in [-0.1, -0.05) is 0 Å². The van der Waals surface area contributed by atoms with E-state index in [2.05, 4.69) is 5.10 Å². The highest BCUT2D eigenvalue weighted by atomic mass is 16.1. The van der Waals surface area contributed by atoms with Crippen molar-refractivity contribution in [1.29, 1.82) is 0 Å². The van der Waals surface area contributed by atoms with Crippen LogP contribution in [0.15, 0.2) is 36.7 Å². The third-order valence-electron chi connectivity index (χ3n) is 1.68. The molecule has 0 bridgehead atoms. The Morgan fingerprint density at radius 3 is 2.77 bits per heavy atom. The fourth-order valence-corrected chi connectivity index (χ4v) is 1.09. The summed E-state index contributed by atoms with van der Waals surface area (Å²) in [6.07, 6.45) is 6.94. The van der Waals surface area contributed by atoms with Gasteiger partial charge in [0.05, 0.1) is 0 Å². The zero-order chi connectivity index (χ0) is 9.26. The van der Waals surface area contributed by atoms with Crippen LogP contribution in [-0.4, -0.2) is 21.3 Å². The standard InChI is InChI=1S/C9H6N2O2/c12-7-2-3-9(13)8(6-7)11-5-1-4-10-11/h1-6H. The third kappa shape index (κ3) is 1.33. The van der Waals surface area contributed by atoms with Crippen molar-refractivity contribution in [3.8, 4) is 0 Å². The lowest BCUT2D eigenvalue weighted by Gasteiger charge is -2.05. The quantitative estimate of drug-likeness (QED) is 0.580. The Labute approximate surface area is 74.2 Å². The molecule has 0 N–H and O–H groups in total. The molecule has 0 atom stereocenters. The smallest absolute Gasteiger partial charge is 0.204 e. The van der Waals surface area contributed by atoms with Crippen molar-refractivity contribution in [2.24, 2.45) is 0 Å². The Hall–Kier alpha value is -1.97. The van der Waals surface area contributed by atoms with E-state index in [-0.39, 0.29) is 17.3 Å². The second kappa shape index (κ2) is 2.82. The van der Waals surface area contributed by atoms with E-state index in [0.717, 1.165) is 0 Å². The fraction of sp³-hybridized carbons (Fsp3) is 0. The molecule has 0 aromatic carbocycles. The maximum absolute atomic E-state index is 11.3. The second-order valence-corrected chi connectivity index (χ2v) is 2.58. The summed E-state index contributed by atoms with van der Waals surface area (Å²) in [5.74, 6) is -0.395. The highest BCUT2D eigenvalue weighted by Gasteiger charge is 2.14. The van der Waals surface area contributed by atoms with Crippen LogP contribution < -0.4 is 0 Å². The molecule has 0 radical (unpaired) electrons. The lowest BCUT2D eigenvalue weighted by molar-refractivity contribution is -0.113. The van der Waals surface area contributed by atoms with Crippen molar-refractivity contribution in [3.05, 3.63) is 36.7 Å². The van der Waals surface area contributed by atoms with Crippen LogP contribution in [0.4, 0.5) is 0 Å². The Morgan fingerprint density at radius 1 is 1.23 bits per heavy atom. The second-order valence-electron chi connectivity index (χ2n) is 2.58. The van der Waals surface area contributed by atoms with Gasteiger partial charge in [0, 0.05) is 18.5 Å². The van der Waals surface area contributed by atoms with Gasteiger partial charge in [0.15, 0.2) is 5.78 Å². The van der Waals surface area contributed by atoms with Crippen molar-refractivity contribution in [2.75, 3.05) is 0 Å². The summed E-state index contributed by atoms with van der Waals surface area (Å²) in [6.45, 7) is 0. The summed E-state index contributed by atoms with van der Waals surface area (Å²) in [5, 5.41) is 3.87. The average Bonchev–Trinajstić information content (AvgIpc) is 2.61. The van der Waals surface area contributed by atoms with E-state index in [0.29, 0.717) is 0 Å². The van der Waals surface area contributed by atoms with Crippen molar-refractivity contribution >= 4 is 17.3 Å². The van der Waals surface area contributed by atoms with E-state index < -0.39 is 0 Å². The number of hydrogen-bond donors (Lipinski definition) is 0. The number of rotatable bonds is 1. The van der Waals surface area contributed by atoms with Crippen LogP contribution in [0.2, 0.25) is 0 Å². The minimum atomic E-state index is -0.205. The molecule has 0 saturated heterocycles. The van der Waals surface area contributed by atoms with Crippen LogP contribution in [0.25, 0.3) is 5.70 Å². The SMILES string of the molecule is O=C1C=CC(=O)C(n2cccn2)=C1. The van der Waals surface area contributed by atoms with Crippen molar-refractivity contribution in [3.63, 3.8) is 0 Å². The Morgan fingerprint density at radius 2 is 2.08 bits per heavy atom. The topological polar surface area (TPSA) is 52.0 Å². The van der Waals surface area contributed by atoms with Gasteiger partial charge in [-0.25, -0.2) is 4.68 Å². The number of allylic oxidation sites excluding steroid dienone is 4. The lowest BCUT2D eigenvalue weighted by atomic mass is 10.1. The molecule has 13 heavy (non-hydrogen) atoms. The van der Waals surface area contributed by atoms with Gasteiger partial charge < -0.3 is 0 Å². The Bertz CT molecular complexity index is 413. The van der Waals surface area contributed by atoms with E-state index in [9.17, 15) is 9.59 Å². The molecule has 1 heterocycles. The molecule has 1 aromatic heterocycles. The molecule has 0 saturated carbocycles. The van der Waals surface area contributed by atoms with Crippen LogP contribution in [0.3, 0.4) is 0 Å². The first kappa shape index (κ1) is 7.67. The minimum absolute atomic E-state index is 0.190. The summed E-state index contributed by atoms with van der Waals surface area (Å²) in [4.78, 5) is 22.2. The molecule has 1 aliphatic rings. The highest BCUT2D eigenvalue weighted by Crippen LogP contribution is 2.09. The van der Waals surface area contributed by atoms with Crippen LogP contribution >= 0.6 is 0 Å². The van der Waals surface area contributed by atoms with Crippen molar-refractivity contribution < 1.29 is 9.59 Å². The number of carbonyl (C=O) groups excluding carboxylic acids is 2. The molecule has 2 rings (SSSR count). The summed E-state index contributed by atoms with van der Waals surface area (Å²) in [7, 11) is 0. The predicted molar refractivity (Wildman–Crippen MR) is 45.7 cm³/mol. The van der Waals surface area contributed by atoms with Gasteiger partial charge in [0.1, 0.15) is 5.70 Å². The Balaban J connectivity index is 2.44. The van der Waals surface area contributed by atoms with Crippen molar-refractivity contribution in [2.45, 2.75) is 0 Å². The van der Waals surface area contributed by atoms with E-state index in [1.807, 2.05) is 0 Å². The van der Waals surface area contributed by atoms with Gasteiger partial charge in [-0.2, -0.15) is 5.10 Å². The first-order chi connectivity index (χ1) is 6.27. The lowest BCUT2D eigenvalue weighted by Crippen LogP contribution is -2.12. The van der Waals surface area contributed by atoms with Crippen LogP contribution in [0.1, 0.15) is 0 Å². The van der Waals surface area contributed by atoms with Crippen LogP contribution in [0.5, 0.6) is 0 Å². The number of aromatic nitrogens is 2. The van der Waals surface area contributed by atoms with E-state index in [1.54, 1.807) is 18.5 Å². The molecule has 4 heteroatoms. The monoisotopic (exact) mass is 174 g/mol. The van der Waals surface area contributed by atoms with Gasteiger partial charge in [-0.15, -0.1) is 0 Å². The first-order valence-electron chi connectivity index (χ1n) is 3.75. The molecule has 64 valence electrons. The highest BCUT2D eigenvalue weighted by molar-refractivity contribution is 6.29. The van der Waals surface area contributed by atoms with Crippen LogP contribution in [0, 0.1) is 0 Å². The van der Waals surface area contributed by atoms with E-state index in [4.69, 9.17) is 0 Å². The van der Waals surface area contributed by atoms with Crippen molar-refractivity contribution in [1.82, 2.24) is 9.78 Å². The maximum atomic E-state index is 11.3. The average molecular weight is 174 g/mol. The predicted octanol–water partition coefficient (Wildman–Crippen LogP) is 0.432. The van der Waals surface area contributed by atoms with Gasteiger partial charge in [0.25, 0.3) is 0 Å². The number of nitrogens with zero attached hydrogens (tertiary/aromatic N) is 2.